The summed E-state index contributed by atoms with van der Waals surface area (Å²) < 4.78 is 20.1. The molecule has 1 saturated carbocycles. The van der Waals surface area contributed by atoms with Crippen molar-refractivity contribution in [3.05, 3.63) is 94.4 Å². The highest BCUT2D eigenvalue weighted by molar-refractivity contribution is 5.94. The van der Waals surface area contributed by atoms with Crippen molar-refractivity contribution in [1.29, 1.82) is 10.5 Å². The van der Waals surface area contributed by atoms with Gasteiger partial charge < -0.3 is 10.1 Å². The van der Waals surface area contributed by atoms with Gasteiger partial charge in [-0.25, -0.2) is 9.37 Å². The van der Waals surface area contributed by atoms with Crippen LogP contribution in [0.1, 0.15) is 57.9 Å². The summed E-state index contributed by atoms with van der Waals surface area (Å²) >= 11 is 0. The zero-order chi connectivity index (χ0) is 25.8. The minimum absolute atomic E-state index is 0.0768. The van der Waals surface area contributed by atoms with Crippen LogP contribution in [0.4, 0.5) is 4.39 Å². The molecule has 3 aromatic rings. The number of carbonyl (C=O) groups is 1. The summed E-state index contributed by atoms with van der Waals surface area (Å²) in [6, 6.07) is 19.0. The molecule has 2 aromatic carbocycles. The number of halogens is 1. The number of nitrogens with zero attached hydrogens (tertiary/aromatic N) is 4. The van der Waals surface area contributed by atoms with Gasteiger partial charge in [0.05, 0.1) is 41.5 Å². The zero-order valence-corrected chi connectivity index (χ0v) is 20.2. The highest BCUT2D eigenvalue weighted by Crippen LogP contribution is 2.33. The predicted octanol–water partition coefficient (Wildman–Crippen LogP) is 4.35. The number of nitrogens with one attached hydrogen (secondary N) is 1. The van der Waals surface area contributed by atoms with Crippen molar-refractivity contribution in [2.45, 2.75) is 31.3 Å². The minimum atomic E-state index is -0.711. The van der Waals surface area contributed by atoms with Crippen molar-refractivity contribution in [1.82, 2.24) is 15.2 Å². The molecule has 0 spiro atoms. The van der Waals surface area contributed by atoms with E-state index in [2.05, 4.69) is 21.3 Å². The van der Waals surface area contributed by atoms with E-state index in [0.717, 1.165) is 17.2 Å². The van der Waals surface area contributed by atoms with Crippen molar-refractivity contribution in [3.63, 3.8) is 0 Å². The first-order valence-corrected chi connectivity index (χ1v) is 12.4. The average Bonchev–Trinajstić information content (AvgIpc) is 3.65. The van der Waals surface area contributed by atoms with E-state index >= 15 is 0 Å². The maximum atomic E-state index is 14.3. The first kappa shape index (κ1) is 24.4. The maximum absolute atomic E-state index is 14.3. The number of likely N-dealkylation sites (tertiary alicyclic amines) is 1. The summed E-state index contributed by atoms with van der Waals surface area (Å²) in [6.45, 7) is 1.97. The maximum Gasteiger partial charge on any atom is 0.254 e. The number of hydrogen-bond acceptors (Lipinski definition) is 6. The van der Waals surface area contributed by atoms with E-state index in [0.29, 0.717) is 43.5 Å². The molecule has 1 aliphatic heterocycles. The normalized spacial score (nSPS) is 18.0. The molecule has 5 rings (SSSR count). The van der Waals surface area contributed by atoms with Crippen LogP contribution >= 0.6 is 0 Å². The van der Waals surface area contributed by atoms with Crippen LogP contribution in [0.25, 0.3) is 0 Å². The number of amides is 1. The summed E-state index contributed by atoms with van der Waals surface area (Å²) in [5.41, 5.74) is 2.67. The van der Waals surface area contributed by atoms with Crippen molar-refractivity contribution in [2.75, 3.05) is 19.7 Å². The summed E-state index contributed by atoms with van der Waals surface area (Å²) in [4.78, 5) is 19.5. The van der Waals surface area contributed by atoms with Gasteiger partial charge in [-0.2, -0.15) is 10.5 Å². The topological polar surface area (TPSA) is 102 Å². The van der Waals surface area contributed by atoms with E-state index in [9.17, 15) is 14.4 Å². The van der Waals surface area contributed by atoms with E-state index in [1.54, 1.807) is 12.1 Å². The van der Waals surface area contributed by atoms with Gasteiger partial charge in [-0.1, -0.05) is 18.2 Å². The molecule has 2 unspecified atom stereocenters. The standard InChI is InChI=1S/C29H26FN5O2/c30-26-13-21(15-32)5-9-25(26)29(36)34-24-11-12-35(17-24)28(22-6-3-19(14-31)4-7-22)23-8-10-27(33-16-23)37-18-20-1-2-20/h3-10,13,16,20,24,28H,1-2,11-12,17-18H2,(H,34,36). The minimum Gasteiger partial charge on any atom is -0.477 e. The monoisotopic (exact) mass is 495 g/mol. The van der Waals surface area contributed by atoms with Crippen LogP contribution in [0.15, 0.2) is 60.8 Å². The van der Waals surface area contributed by atoms with Gasteiger partial charge >= 0.3 is 0 Å². The Bertz CT molecular complexity index is 1360. The molecule has 2 fully saturated rings. The number of hydrogen-bond donors (Lipinski definition) is 1. The summed E-state index contributed by atoms with van der Waals surface area (Å²) in [5.74, 6) is 0.0344. The summed E-state index contributed by atoms with van der Waals surface area (Å²) in [6.07, 6.45) is 4.95. The van der Waals surface area contributed by atoms with Crippen LogP contribution in [0.5, 0.6) is 5.88 Å². The second-order valence-electron chi connectivity index (χ2n) is 9.58. The fourth-order valence-electron chi connectivity index (χ4n) is 4.65. The lowest BCUT2D eigenvalue weighted by Crippen LogP contribution is -2.38. The largest absolute Gasteiger partial charge is 0.477 e. The second-order valence-corrected chi connectivity index (χ2v) is 9.58. The van der Waals surface area contributed by atoms with E-state index in [4.69, 9.17) is 10.00 Å². The van der Waals surface area contributed by atoms with Crippen LogP contribution < -0.4 is 10.1 Å². The average molecular weight is 496 g/mol. The third-order valence-corrected chi connectivity index (χ3v) is 6.86. The van der Waals surface area contributed by atoms with Gasteiger partial charge in [0.1, 0.15) is 5.82 Å². The summed E-state index contributed by atoms with van der Waals surface area (Å²) in [5, 5.41) is 21.1. The molecule has 1 saturated heterocycles. The van der Waals surface area contributed by atoms with E-state index < -0.39 is 11.7 Å². The second kappa shape index (κ2) is 10.8. The fraction of sp³-hybridized carbons (Fsp3) is 0.310. The van der Waals surface area contributed by atoms with E-state index in [1.807, 2.05) is 36.5 Å². The molecule has 2 aliphatic rings. The van der Waals surface area contributed by atoms with E-state index in [-0.39, 0.29) is 23.2 Å². The van der Waals surface area contributed by atoms with Gasteiger partial charge in [0, 0.05) is 31.4 Å². The quantitative estimate of drug-likeness (QED) is 0.499. The molecule has 186 valence electrons. The molecule has 1 amide bonds. The van der Waals surface area contributed by atoms with Crippen LogP contribution in [0, 0.1) is 34.4 Å². The molecule has 2 atom stereocenters. The number of ether oxygens (including phenoxy) is 1. The molecule has 8 heteroatoms. The smallest absolute Gasteiger partial charge is 0.254 e. The molecule has 1 N–H and O–H groups in total. The molecule has 37 heavy (non-hydrogen) atoms. The van der Waals surface area contributed by atoms with Crippen LogP contribution in [0.3, 0.4) is 0 Å². The van der Waals surface area contributed by atoms with Crippen molar-refractivity contribution < 1.29 is 13.9 Å². The van der Waals surface area contributed by atoms with Gasteiger partial charge in [-0.05, 0) is 66.6 Å². The fourth-order valence-corrected chi connectivity index (χ4v) is 4.65. The molecular formula is C29H26FN5O2. The van der Waals surface area contributed by atoms with Crippen molar-refractivity contribution in [2.24, 2.45) is 5.92 Å². The predicted molar refractivity (Wildman–Crippen MR) is 134 cm³/mol. The Morgan fingerprint density at radius 1 is 1.05 bits per heavy atom. The van der Waals surface area contributed by atoms with Crippen molar-refractivity contribution in [3.8, 4) is 18.0 Å². The number of rotatable bonds is 8. The molecule has 1 aliphatic carbocycles. The Labute approximate surface area is 215 Å². The molecule has 0 bridgehead atoms. The molecule has 7 nitrogen and oxygen atoms in total. The zero-order valence-electron chi connectivity index (χ0n) is 20.2. The highest BCUT2D eigenvalue weighted by atomic mass is 19.1. The Balaban J connectivity index is 1.32. The Hall–Kier alpha value is -4.27. The Kier molecular flexibility index (Phi) is 7.11. The number of nitriles is 2. The number of pyridine rings is 1. The lowest BCUT2D eigenvalue weighted by Gasteiger charge is -2.29. The van der Waals surface area contributed by atoms with Crippen molar-refractivity contribution >= 4 is 5.91 Å². The molecule has 1 aromatic heterocycles. The lowest BCUT2D eigenvalue weighted by atomic mass is 9.97. The third kappa shape index (κ3) is 5.77. The van der Waals surface area contributed by atoms with Gasteiger partial charge in [0.15, 0.2) is 0 Å². The van der Waals surface area contributed by atoms with Crippen LogP contribution in [-0.4, -0.2) is 41.5 Å². The lowest BCUT2D eigenvalue weighted by molar-refractivity contribution is 0.0933. The third-order valence-electron chi connectivity index (χ3n) is 6.86. The SMILES string of the molecule is N#Cc1ccc(C(c2ccc(OCC3CC3)nc2)N2CCC(NC(=O)c3ccc(C#N)cc3F)C2)cc1. The number of carbonyl (C=O) groups excluding carboxylic acids is 1. The van der Waals surface area contributed by atoms with Gasteiger partial charge in [-0.15, -0.1) is 0 Å². The Morgan fingerprint density at radius 2 is 1.78 bits per heavy atom. The molecular weight excluding hydrogens is 469 g/mol. The number of aromatic nitrogens is 1. The Morgan fingerprint density at radius 3 is 2.43 bits per heavy atom. The van der Waals surface area contributed by atoms with E-state index in [1.165, 1.54) is 25.0 Å². The van der Waals surface area contributed by atoms with Gasteiger partial charge in [0.2, 0.25) is 5.88 Å². The van der Waals surface area contributed by atoms with Crippen LogP contribution in [0.2, 0.25) is 0 Å². The molecule has 2 heterocycles. The molecule has 0 radical (unpaired) electrons. The highest BCUT2D eigenvalue weighted by Gasteiger charge is 2.32. The first-order valence-electron chi connectivity index (χ1n) is 12.4. The summed E-state index contributed by atoms with van der Waals surface area (Å²) in [7, 11) is 0. The number of benzene rings is 2. The first-order chi connectivity index (χ1) is 18.0. The van der Waals surface area contributed by atoms with Gasteiger partial charge in [-0.3, -0.25) is 9.69 Å². The van der Waals surface area contributed by atoms with Crippen LogP contribution in [-0.2, 0) is 0 Å². The van der Waals surface area contributed by atoms with Gasteiger partial charge in [0.25, 0.3) is 5.91 Å².